The second-order valence-electron chi connectivity index (χ2n) is 11.3. The molecule has 2 aliphatic carbocycles. The van der Waals surface area contributed by atoms with Crippen molar-refractivity contribution in [3.05, 3.63) is 63.1 Å². The summed E-state index contributed by atoms with van der Waals surface area (Å²) >= 11 is 0. The fourth-order valence-corrected chi connectivity index (χ4v) is 6.75. The monoisotopic (exact) mass is 610 g/mol. The Kier molecular flexibility index (Phi) is 6.69. The first-order valence-corrected chi connectivity index (χ1v) is 14.0. The number of hydrogen-bond donors (Lipinski definition) is 10. The summed E-state index contributed by atoms with van der Waals surface area (Å²) in [5, 5.41) is 84.2. The van der Waals surface area contributed by atoms with Crippen molar-refractivity contribution in [1.82, 2.24) is 15.4 Å². The number of aliphatic hydroxyl groups excluding tert-OH is 8. The lowest BCUT2D eigenvalue weighted by Crippen LogP contribution is -2.64. The van der Waals surface area contributed by atoms with E-state index in [-0.39, 0.29) is 40.0 Å². The maximum absolute atomic E-state index is 14.1. The minimum Gasteiger partial charge on any atom is -0.508 e. The van der Waals surface area contributed by atoms with Crippen LogP contribution in [0.1, 0.15) is 26.3 Å². The van der Waals surface area contributed by atoms with Crippen LogP contribution in [0.4, 0.5) is 5.69 Å². The molecule has 15 nitrogen and oxygen atoms in total. The summed E-state index contributed by atoms with van der Waals surface area (Å²) in [6, 6.07) is -1.94. The molecule has 232 valence electrons. The topological polar surface area (TPSA) is 240 Å². The Hall–Kier alpha value is -4.06. The molecule has 44 heavy (non-hydrogen) atoms. The van der Waals surface area contributed by atoms with E-state index in [1.807, 2.05) is 0 Å². The standard InChI is InChI=1S/C29H30N4O11/c34-7-10(8-35)31-33-27(42)20-18-13-3-1-11(37)5-15(13)30-22(18)23-19(21(20)28(33)43)14-4-2-12(38)6-16(14)32(23)29-26(41)25(40)24(39)17(9-36)44-29/h1-2,4-6,10,16-17,24-26,29-31,34-41H,3,7-9H2/t16?,17-,24-,25+,26+,29+/m1/s1. The molecule has 0 spiro atoms. The average Bonchev–Trinajstić information content (AvgIpc) is 3.62. The first kappa shape index (κ1) is 28.7. The van der Waals surface area contributed by atoms with Gasteiger partial charge >= 0.3 is 0 Å². The second kappa shape index (κ2) is 10.3. The minimum absolute atomic E-state index is 0.0215. The van der Waals surface area contributed by atoms with Crippen LogP contribution in [0, 0.1) is 0 Å². The summed E-state index contributed by atoms with van der Waals surface area (Å²) in [5.41, 5.74) is 4.23. The van der Waals surface area contributed by atoms with Gasteiger partial charge in [-0.05, 0) is 35.8 Å². The molecule has 5 aliphatic rings. The number of aliphatic hydroxyl groups is 8. The van der Waals surface area contributed by atoms with Gasteiger partial charge in [-0.3, -0.25) is 9.59 Å². The summed E-state index contributed by atoms with van der Waals surface area (Å²) in [7, 11) is 0. The lowest BCUT2D eigenvalue weighted by atomic mass is 9.93. The van der Waals surface area contributed by atoms with Crippen molar-refractivity contribution in [1.29, 1.82) is 0 Å². The molecule has 0 radical (unpaired) electrons. The molecule has 0 saturated carbocycles. The summed E-state index contributed by atoms with van der Waals surface area (Å²) in [5.74, 6) is -1.70. The molecule has 15 heteroatoms. The zero-order valence-corrected chi connectivity index (χ0v) is 23.0. The number of imide groups is 1. The third kappa shape index (κ3) is 3.85. The number of nitrogens with one attached hydrogen (secondary N) is 2. The van der Waals surface area contributed by atoms with Crippen LogP contribution in [0.15, 0.2) is 35.8 Å². The van der Waals surface area contributed by atoms with Crippen LogP contribution in [0.3, 0.4) is 0 Å². The minimum atomic E-state index is -1.73. The van der Waals surface area contributed by atoms with Gasteiger partial charge in [0.15, 0.2) is 6.23 Å². The number of nitrogens with zero attached hydrogens (tertiary/aromatic N) is 2. The van der Waals surface area contributed by atoms with E-state index < -0.39 is 74.4 Å². The second-order valence-corrected chi connectivity index (χ2v) is 11.3. The van der Waals surface area contributed by atoms with Crippen molar-refractivity contribution in [2.45, 2.75) is 49.1 Å². The molecule has 1 unspecified atom stereocenters. The number of ether oxygens (including phenoxy) is 1. The van der Waals surface area contributed by atoms with Crippen molar-refractivity contribution < 1.29 is 55.2 Å². The van der Waals surface area contributed by atoms with Gasteiger partial charge in [0, 0.05) is 22.0 Å². The molecular weight excluding hydrogens is 580 g/mol. The van der Waals surface area contributed by atoms with E-state index in [4.69, 9.17) is 4.74 Å². The quantitative estimate of drug-likeness (QED) is 0.143. The zero-order valence-electron chi connectivity index (χ0n) is 23.0. The third-order valence-corrected chi connectivity index (χ3v) is 8.82. The normalized spacial score (nSPS) is 29.1. The molecule has 6 atom stereocenters. The number of fused-ring (bicyclic) bond motifs is 9. The Labute approximate surface area is 247 Å². The van der Waals surface area contributed by atoms with Crippen molar-refractivity contribution >= 4 is 40.1 Å². The molecular formula is C29H30N4O11. The van der Waals surface area contributed by atoms with Gasteiger partial charge in [0.2, 0.25) is 0 Å². The molecule has 7 rings (SSSR count). The number of carbonyl (C=O) groups is 2. The number of allylic oxidation sites excluding steroid dienone is 3. The van der Waals surface area contributed by atoms with Crippen LogP contribution < -0.4 is 20.9 Å². The highest BCUT2D eigenvalue weighted by Gasteiger charge is 2.52. The predicted octanol–water partition coefficient (Wildman–Crippen LogP) is -3.45. The number of anilines is 1. The number of H-pyrrole nitrogens is 1. The summed E-state index contributed by atoms with van der Waals surface area (Å²) < 4.78 is 5.96. The molecule has 10 N–H and O–H groups in total. The van der Waals surface area contributed by atoms with Gasteiger partial charge in [-0.2, -0.15) is 0 Å². The summed E-state index contributed by atoms with van der Waals surface area (Å²) in [6.07, 6.45) is -0.229. The molecule has 2 amide bonds. The smallest absolute Gasteiger partial charge is 0.276 e. The molecule has 0 bridgehead atoms. The lowest BCUT2D eigenvalue weighted by Gasteiger charge is -2.46. The van der Waals surface area contributed by atoms with E-state index in [9.17, 15) is 50.4 Å². The fraction of sp³-hybridized carbons (Fsp3) is 0.379. The number of hydrogen-bond acceptors (Lipinski definition) is 13. The Morgan fingerprint density at radius 3 is 2.41 bits per heavy atom. The number of aromatic amines is 1. The van der Waals surface area contributed by atoms with Crippen LogP contribution in [0.5, 0.6) is 0 Å². The molecule has 2 aromatic rings. The fourth-order valence-electron chi connectivity index (χ4n) is 6.75. The van der Waals surface area contributed by atoms with Gasteiger partial charge in [-0.1, -0.05) is 6.08 Å². The van der Waals surface area contributed by atoms with Gasteiger partial charge in [-0.15, -0.1) is 0 Å². The Balaban J connectivity index is 1.55. The highest BCUT2D eigenvalue weighted by atomic mass is 16.6. The van der Waals surface area contributed by atoms with E-state index >= 15 is 0 Å². The van der Waals surface area contributed by atoms with E-state index in [2.05, 4.69) is 10.4 Å². The van der Waals surface area contributed by atoms with Gasteiger partial charge in [-0.25, -0.2) is 10.4 Å². The number of rotatable bonds is 6. The number of amides is 2. The zero-order chi connectivity index (χ0) is 31.2. The maximum atomic E-state index is 14.1. The van der Waals surface area contributed by atoms with Crippen LogP contribution in [-0.2, 0) is 11.2 Å². The largest absolute Gasteiger partial charge is 0.508 e. The van der Waals surface area contributed by atoms with E-state index in [1.165, 1.54) is 29.2 Å². The van der Waals surface area contributed by atoms with Crippen LogP contribution >= 0.6 is 0 Å². The SMILES string of the molecule is O=C1c2c(c3c4c([nH]c3c3c2=C2C=CC(O)=CC2N3[C@H]2O[C@H](CO)[C@@H](O)[C@H](O)[C@@H]2O)=CC(O)=CC4)C(=O)N1NC(CO)CO. The lowest BCUT2D eigenvalue weighted by molar-refractivity contribution is -0.228. The molecule has 1 fully saturated rings. The molecule has 3 aliphatic heterocycles. The van der Waals surface area contributed by atoms with Crippen molar-refractivity contribution in [2.75, 3.05) is 24.7 Å². The van der Waals surface area contributed by atoms with Gasteiger partial charge in [0.25, 0.3) is 11.8 Å². The molecule has 1 aromatic heterocycles. The highest BCUT2D eigenvalue weighted by molar-refractivity contribution is 6.29. The van der Waals surface area contributed by atoms with Crippen molar-refractivity contribution in [3.8, 4) is 0 Å². The van der Waals surface area contributed by atoms with Crippen LogP contribution in [-0.4, -0.2) is 125 Å². The summed E-state index contributed by atoms with van der Waals surface area (Å²) in [6.45, 7) is -1.84. The maximum Gasteiger partial charge on any atom is 0.276 e. The van der Waals surface area contributed by atoms with Crippen molar-refractivity contribution in [2.24, 2.45) is 0 Å². The van der Waals surface area contributed by atoms with Gasteiger partial charge in [0.05, 0.1) is 54.2 Å². The first-order chi connectivity index (χ1) is 21.1. The van der Waals surface area contributed by atoms with Crippen molar-refractivity contribution in [3.63, 3.8) is 0 Å². The predicted molar refractivity (Wildman–Crippen MR) is 151 cm³/mol. The number of hydrazine groups is 1. The highest BCUT2D eigenvalue weighted by Crippen LogP contribution is 2.43. The Bertz CT molecular complexity index is 1820. The number of carbonyl (C=O) groups excluding carboxylic acids is 2. The van der Waals surface area contributed by atoms with Crippen LogP contribution in [0.25, 0.3) is 22.6 Å². The van der Waals surface area contributed by atoms with E-state index in [0.29, 0.717) is 27.4 Å². The Morgan fingerprint density at radius 1 is 0.977 bits per heavy atom. The average molecular weight is 611 g/mol. The molecule has 1 aromatic carbocycles. The van der Waals surface area contributed by atoms with Gasteiger partial charge < -0.3 is 55.5 Å². The molecule has 4 heterocycles. The number of benzene rings is 1. The number of aromatic nitrogens is 1. The van der Waals surface area contributed by atoms with Crippen LogP contribution in [0.2, 0.25) is 0 Å². The van der Waals surface area contributed by atoms with Gasteiger partial charge in [0.1, 0.15) is 35.9 Å². The van der Waals surface area contributed by atoms with E-state index in [1.54, 1.807) is 6.08 Å². The Morgan fingerprint density at radius 2 is 1.70 bits per heavy atom. The van der Waals surface area contributed by atoms with E-state index in [0.717, 1.165) is 5.01 Å². The first-order valence-electron chi connectivity index (χ1n) is 14.0. The summed E-state index contributed by atoms with van der Waals surface area (Å²) in [4.78, 5) is 32.8. The third-order valence-electron chi connectivity index (χ3n) is 8.82. The molecule has 1 saturated heterocycles.